The van der Waals surface area contributed by atoms with Gasteiger partial charge in [0.15, 0.2) is 0 Å². The van der Waals surface area contributed by atoms with E-state index in [1.165, 1.54) is 24.3 Å². The summed E-state index contributed by atoms with van der Waals surface area (Å²) in [5.74, 6) is -6.01. The Morgan fingerprint density at radius 3 is 1.08 bits per heavy atom. The first kappa shape index (κ1) is 36.1. The molecule has 0 aliphatic carbocycles. The Balaban J connectivity index is 0.000000197. The third kappa shape index (κ3) is 9.56. The highest BCUT2D eigenvalue weighted by Crippen LogP contribution is 2.22. The van der Waals surface area contributed by atoms with Gasteiger partial charge in [0.2, 0.25) is 0 Å². The van der Waals surface area contributed by atoms with E-state index in [9.17, 15) is 37.2 Å². The van der Waals surface area contributed by atoms with Crippen molar-refractivity contribution < 1.29 is 71.6 Å². The molecular weight excluding hydrogens is 656 g/mol. The molecule has 2 heterocycles. The van der Waals surface area contributed by atoms with E-state index in [0.29, 0.717) is 11.1 Å². The molecule has 48 heavy (non-hydrogen) atoms. The minimum Gasteiger partial charge on any atom is -0.478 e. The van der Waals surface area contributed by atoms with Gasteiger partial charge in [-0.15, -0.1) is 0 Å². The van der Waals surface area contributed by atoms with Crippen LogP contribution in [0.1, 0.15) is 62.1 Å². The maximum atomic E-state index is 11.3. The molecule has 15 nitrogen and oxygen atoms in total. The minimum atomic E-state index is -4.92. The molecule has 4 aromatic rings. The van der Waals surface area contributed by atoms with E-state index in [1.807, 2.05) is 0 Å². The summed E-state index contributed by atoms with van der Waals surface area (Å²) >= 11 is 0. The van der Waals surface area contributed by atoms with E-state index in [0.717, 1.165) is 29.3 Å². The van der Waals surface area contributed by atoms with E-state index in [1.54, 1.807) is 48.5 Å². The van der Waals surface area contributed by atoms with Crippen molar-refractivity contribution in [1.82, 2.24) is 0 Å². The van der Waals surface area contributed by atoms with Crippen molar-refractivity contribution in [1.29, 1.82) is 0 Å². The maximum Gasteiger partial charge on any atom is 0.338 e. The number of hydrogen-bond donors (Lipinski definition) is 5. The highest BCUT2D eigenvalue weighted by Gasteiger charge is 2.27. The summed E-state index contributed by atoms with van der Waals surface area (Å²) in [6.07, 6.45) is 0. The number of fused-ring (bicyclic) bond motifs is 7. The number of ether oxygens (including phenoxy) is 2. The molecule has 0 aromatic heterocycles. The summed E-state index contributed by atoms with van der Waals surface area (Å²) in [7, 11) is -4.92. The van der Waals surface area contributed by atoms with Crippen molar-refractivity contribution in [3.05, 3.63) is 124 Å². The highest BCUT2D eigenvalue weighted by molar-refractivity contribution is 7.86. The van der Waals surface area contributed by atoms with Crippen LogP contribution < -0.4 is 0 Å². The summed E-state index contributed by atoms with van der Waals surface area (Å²) in [6.45, 7) is 0.200. The van der Waals surface area contributed by atoms with Gasteiger partial charge >= 0.3 is 35.8 Å². The molecule has 0 atom stereocenters. The molecule has 4 aromatic carbocycles. The van der Waals surface area contributed by atoms with Crippen LogP contribution in [0.2, 0.25) is 0 Å². The number of hydrogen-bond acceptors (Lipinski definition) is 10. The minimum absolute atomic E-state index is 0.100. The molecule has 2 bridgehead atoms. The Labute approximate surface area is 271 Å². The van der Waals surface area contributed by atoms with Gasteiger partial charge < -0.3 is 29.9 Å². The monoisotopic (exact) mass is 680 g/mol. The summed E-state index contributed by atoms with van der Waals surface area (Å²) in [4.78, 5) is 64.2. The van der Waals surface area contributed by atoms with Gasteiger partial charge in [0, 0.05) is 0 Å². The van der Waals surface area contributed by atoms with Crippen LogP contribution in [0, 0.1) is 0 Å². The zero-order chi connectivity index (χ0) is 35.6. The zero-order valence-corrected chi connectivity index (χ0v) is 25.1. The van der Waals surface area contributed by atoms with Crippen LogP contribution in [0.15, 0.2) is 95.9 Å². The first-order valence-electron chi connectivity index (χ1n) is 13.3. The number of aromatic carboxylic acids is 4. The number of carboxylic acids is 4. The lowest BCUT2D eigenvalue weighted by Gasteiger charge is -2.09. The van der Waals surface area contributed by atoms with Crippen molar-refractivity contribution >= 4 is 45.9 Å². The molecule has 0 amide bonds. The molecule has 0 saturated heterocycles. The lowest BCUT2D eigenvalue weighted by atomic mass is 10.0. The SMILES string of the molecule is O=C(O)c1ccc(-c2ccc(C(=O)O)cc2)cc1.O=C(O)c1cccc(C(=O)O)c1S(=O)(=O)O.O=C1OCCOC(=O)c2ccc1cc2. The van der Waals surface area contributed by atoms with Gasteiger partial charge in [0.25, 0.3) is 10.1 Å². The molecular formula is C32H24O15S. The Morgan fingerprint density at radius 2 is 0.812 bits per heavy atom. The predicted octanol–water partition coefficient (Wildman–Crippen LogP) is 4.09. The molecule has 0 saturated carbocycles. The molecule has 0 unspecified atom stereocenters. The largest absolute Gasteiger partial charge is 0.478 e. The molecule has 2 aliphatic heterocycles. The molecule has 16 heteroatoms. The average molecular weight is 681 g/mol. The smallest absolute Gasteiger partial charge is 0.338 e. The van der Waals surface area contributed by atoms with Gasteiger partial charge in [-0.3, -0.25) is 4.55 Å². The van der Waals surface area contributed by atoms with Crippen LogP contribution in [-0.4, -0.2) is 82.4 Å². The lowest BCUT2D eigenvalue weighted by Crippen LogP contribution is -2.16. The Bertz CT molecular complexity index is 1840. The molecule has 6 rings (SSSR count). The Kier molecular flexibility index (Phi) is 11.8. The number of esters is 2. The van der Waals surface area contributed by atoms with E-state index in [-0.39, 0.29) is 24.3 Å². The quantitative estimate of drug-likeness (QED) is 0.142. The van der Waals surface area contributed by atoms with Gasteiger partial charge in [-0.25, -0.2) is 28.8 Å². The fraction of sp³-hybridized carbons (Fsp3) is 0.0625. The topological polar surface area (TPSA) is 256 Å². The van der Waals surface area contributed by atoms with E-state index in [4.69, 9.17) is 34.5 Å². The molecule has 5 N–H and O–H groups in total. The number of carbonyl (C=O) groups excluding carboxylic acids is 2. The average Bonchev–Trinajstić information content (AvgIpc) is 3.06. The third-order valence-corrected chi connectivity index (χ3v) is 7.19. The number of rotatable bonds is 6. The van der Waals surface area contributed by atoms with Gasteiger partial charge in [-0.1, -0.05) is 30.3 Å². The standard InChI is InChI=1S/C14H10O4.C10H8O4.C8H6O7S/c15-13(16)11-5-1-9(2-6-11)10-3-7-12(8-4-10)14(17)18;11-9-7-1-2-8(4-3-7)10(12)14-6-5-13-9;9-7(10)4-2-1-3-5(8(11)12)6(4)16(13,14)15/h1-8H,(H,15,16)(H,17,18);1-4H,5-6H2;1-3H,(H,9,10)(H,11,12)(H,13,14,15). The van der Waals surface area contributed by atoms with E-state index in [2.05, 4.69) is 0 Å². The van der Waals surface area contributed by atoms with Crippen molar-refractivity contribution in [3.8, 4) is 11.1 Å². The van der Waals surface area contributed by atoms with Crippen molar-refractivity contribution in [2.24, 2.45) is 0 Å². The fourth-order valence-electron chi connectivity index (χ4n) is 3.94. The van der Waals surface area contributed by atoms with Gasteiger partial charge in [0.05, 0.1) is 33.4 Å². The summed E-state index contributed by atoms with van der Waals surface area (Å²) in [5, 5.41) is 34.9. The van der Waals surface area contributed by atoms with Crippen molar-refractivity contribution in [3.63, 3.8) is 0 Å². The molecule has 248 valence electrons. The van der Waals surface area contributed by atoms with Crippen LogP contribution in [-0.2, 0) is 19.6 Å². The normalized spacial score (nSPS) is 12.1. The Morgan fingerprint density at radius 1 is 0.500 bits per heavy atom. The second-order valence-electron chi connectivity index (χ2n) is 9.38. The molecule has 2 aliphatic rings. The van der Waals surface area contributed by atoms with Gasteiger partial charge in [-0.05, 0) is 71.8 Å². The third-order valence-electron chi connectivity index (χ3n) is 6.24. The second kappa shape index (κ2) is 15.7. The first-order valence-corrected chi connectivity index (χ1v) is 14.7. The summed E-state index contributed by atoms with van der Waals surface area (Å²) < 4.78 is 40.3. The van der Waals surface area contributed by atoms with Crippen LogP contribution in [0.3, 0.4) is 0 Å². The second-order valence-corrected chi connectivity index (χ2v) is 10.7. The maximum absolute atomic E-state index is 11.3. The number of benzene rings is 4. The van der Waals surface area contributed by atoms with Crippen LogP contribution in [0.4, 0.5) is 0 Å². The van der Waals surface area contributed by atoms with Crippen molar-refractivity contribution in [2.75, 3.05) is 13.2 Å². The highest BCUT2D eigenvalue weighted by atomic mass is 32.2. The zero-order valence-electron chi connectivity index (χ0n) is 24.3. The molecule has 0 radical (unpaired) electrons. The van der Waals surface area contributed by atoms with Crippen LogP contribution in [0.5, 0.6) is 0 Å². The van der Waals surface area contributed by atoms with Crippen LogP contribution in [0.25, 0.3) is 11.1 Å². The summed E-state index contributed by atoms with van der Waals surface area (Å²) in [6, 6.07) is 21.9. The van der Waals surface area contributed by atoms with E-state index >= 15 is 0 Å². The predicted molar refractivity (Wildman–Crippen MR) is 163 cm³/mol. The Hall–Kier alpha value is -6.39. The summed E-state index contributed by atoms with van der Waals surface area (Å²) in [5.41, 5.74) is 1.45. The fourth-order valence-corrected chi connectivity index (χ4v) is 4.81. The van der Waals surface area contributed by atoms with Gasteiger partial charge in [0.1, 0.15) is 18.1 Å². The first-order chi connectivity index (χ1) is 22.6. The van der Waals surface area contributed by atoms with E-state index < -0.39 is 62.0 Å². The van der Waals surface area contributed by atoms with Crippen LogP contribution >= 0.6 is 0 Å². The lowest BCUT2D eigenvalue weighted by molar-refractivity contribution is 0.0260. The van der Waals surface area contributed by atoms with Gasteiger partial charge in [-0.2, -0.15) is 8.42 Å². The molecule has 0 fully saturated rings. The molecule has 0 spiro atoms. The number of carbonyl (C=O) groups is 6. The van der Waals surface area contributed by atoms with Crippen molar-refractivity contribution in [2.45, 2.75) is 4.90 Å². The number of carboxylic acid groups (broad SMARTS) is 4.